The summed E-state index contributed by atoms with van der Waals surface area (Å²) < 4.78 is 31.7. The molecule has 0 bridgehead atoms. The van der Waals surface area contributed by atoms with Crippen molar-refractivity contribution in [2.75, 3.05) is 30.3 Å². The molecule has 8 nitrogen and oxygen atoms in total. The zero-order valence-electron chi connectivity index (χ0n) is 22.0. The second-order valence-corrected chi connectivity index (χ2v) is 10.8. The van der Waals surface area contributed by atoms with E-state index in [-0.39, 0.29) is 24.8 Å². The molecule has 0 saturated heterocycles. The van der Waals surface area contributed by atoms with Crippen molar-refractivity contribution in [3.63, 3.8) is 0 Å². The maximum absolute atomic E-state index is 13.3. The second kappa shape index (κ2) is 13.9. The third kappa shape index (κ3) is 8.86. The van der Waals surface area contributed by atoms with Gasteiger partial charge in [0.2, 0.25) is 21.8 Å². The molecule has 0 aliphatic heterocycles. The lowest BCUT2D eigenvalue weighted by Crippen LogP contribution is -2.47. The van der Waals surface area contributed by atoms with Crippen molar-refractivity contribution < 1.29 is 22.7 Å². The molecule has 0 fully saturated rings. The largest absolute Gasteiger partial charge is 0.494 e. The summed E-state index contributed by atoms with van der Waals surface area (Å²) in [7, 11) is -3.55. The summed E-state index contributed by atoms with van der Waals surface area (Å²) in [6.45, 7) is 9.06. The first-order valence-electron chi connectivity index (χ1n) is 12.4. The van der Waals surface area contributed by atoms with Gasteiger partial charge in [0.25, 0.3) is 0 Å². The van der Waals surface area contributed by atoms with E-state index in [4.69, 9.17) is 4.74 Å². The lowest BCUT2D eigenvalue weighted by molar-refractivity contribution is -0.140. The van der Waals surface area contributed by atoms with Gasteiger partial charge in [0.05, 0.1) is 18.6 Å². The minimum atomic E-state index is -3.55. The fraction of sp³-hybridized carbons (Fsp3) is 0.481. The number of benzene rings is 2. The monoisotopic (exact) mass is 517 g/mol. The number of nitrogens with zero attached hydrogens (tertiary/aromatic N) is 2. The number of hydrogen-bond acceptors (Lipinski definition) is 5. The van der Waals surface area contributed by atoms with E-state index in [2.05, 4.69) is 5.32 Å². The molecule has 0 radical (unpaired) electrons. The average Bonchev–Trinajstić information content (AvgIpc) is 2.83. The van der Waals surface area contributed by atoms with Crippen LogP contribution in [0.15, 0.2) is 48.5 Å². The Morgan fingerprint density at radius 1 is 1.08 bits per heavy atom. The Labute approximate surface area is 215 Å². The van der Waals surface area contributed by atoms with E-state index >= 15 is 0 Å². The van der Waals surface area contributed by atoms with Crippen LogP contribution in [0.25, 0.3) is 0 Å². The van der Waals surface area contributed by atoms with Gasteiger partial charge < -0.3 is 15.0 Å². The third-order valence-corrected chi connectivity index (χ3v) is 6.93. The van der Waals surface area contributed by atoms with Gasteiger partial charge in [-0.3, -0.25) is 13.9 Å². The van der Waals surface area contributed by atoms with Gasteiger partial charge in [-0.25, -0.2) is 8.42 Å². The van der Waals surface area contributed by atoms with Gasteiger partial charge in [0, 0.05) is 26.1 Å². The van der Waals surface area contributed by atoms with E-state index in [9.17, 15) is 18.0 Å². The topological polar surface area (TPSA) is 96.0 Å². The molecule has 9 heteroatoms. The molecule has 2 amide bonds. The molecule has 0 saturated carbocycles. The van der Waals surface area contributed by atoms with Crippen molar-refractivity contribution in [1.82, 2.24) is 10.2 Å². The number of anilines is 1. The van der Waals surface area contributed by atoms with Crippen LogP contribution >= 0.6 is 0 Å². The van der Waals surface area contributed by atoms with Gasteiger partial charge in [-0.1, -0.05) is 36.8 Å². The summed E-state index contributed by atoms with van der Waals surface area (Å²) >= 11 is 0. The number of aryl methyl sites for hydroxylation is 1. The van der Waals surface area contributed by atoms with Gasteiger partial charge >= 0.3 is 0 Å². The van der Waals surface area contributed by atoms with E-state index < -0.39 is 16.1 Å². The Bertz CT molecular complexity index is 1100. The summed E-state index contributed by atoms with van der Waals surface area (Å²) in [6.07, 6.45) is 2.37. The summed E-state index contributed by atoms with van der Waals surface area (Å²) in [5, 5.41) is 2.86. The quantitative estimate of drug-likeness (QED) is 0.410. The van der Waals surface area contributed by atoms with Crippen LogP contribution in [0.1, 0.15) is 51.2 Å². The molecule has 198 valence electrons. The van der Waals surface area contributed by atoms with Crippen molar-refractivity contribution in [1.29, 1.82) is 0 Å². The maximum atomic E-state index is 13.3. The summed E-state index contributed by atoms with van der Waals surface area (Å²) in [4.78, 5) is 27.5. The molecule has 0 spiro atoms. The normalized spacial score (nSPS) is 12.0. The Morgan fingerprint density at radius 3 is 2.36 bits per heavy atom. The highest BCUT2D eigenvalue weighted by Crippen LogP contribution is 2.22. The Hall–Kier alpha value is -3.07. The Morgan fingerprint density at radius 2 is 1.78 bits per heavy atom. The molecule has 0 aliphatic rings. The SMILES string of the molecule is CCCNC(=O)C(C)N(Cc1cccc(C)c1)C(=O)CCCN(c1ccc(OCC)cc1)S(C)(=O)=O. The van der Waals surface area contributed by atoms with Crippen LogP contribution in [0.2, 0.25) is 0 Å². The van der Waals surface area contributed by atoms with E-state index in [0.29, 0.717) is 37.6 Å². The lowest BCUT2D eigenvalue weighted by Gasteiger charge is -2.29. The highest BCUT2D eigenvalue weighted by molar-refractivity contribution is 7.92. The van der Waals surface area contributed by atoms with Crippen LogP contribution < -0.4 is 14.4 Å². The first kappa shape index (κ1) is 29.2. The molecule has 2 aromatic rings. The van der Waals surface area contributed by atoms with Crippen molar-refractivity contribution in [2.24, 2.45) is 0 Å². The van der Waals surface area contributed by atoms with Crippen LogP contribution in [-0.4, -0.2) is 57.1 Å². The highest BCUT2D eigenvalue weighted by Gasteiger charge is 2.26. The second-order valence-electron chi connectivity index (χ2n) is 8.84. The molecule has 2 rings (SSSR count). The van der Waals surface area contributed by atoms with Crippen molar-refractivity contribution in [2.45, 2.75) is 59.5 Å². The lowest BCUT2D eigenvalue weighted by atomic mass is 10.1. The van der Waals surface area contributed by atoms with Crippen molar-refractivity contribution in [3.05, 3.63) is 59.7 Å². The third-order valence-electron chi connectivity index (χ3n) is 5.74. The van der Waals surface area contributed by atoms with Gasteiger partial charge in [0.15, 0.2) is 0 Å². The molecular formula is C27H39N3O5S. The summed E-state index contributed by atoms with van der Waals surface area (Å²) in [5.41, 5.74) is 2.52. The maximum Gasteiger partial charge on any atom is 0.242 e. The summed E-state index contributed by atoms with van der Waals surface area (Å²) in [6, 6.07) is 14.0. The minimum Gasteiger partial charge on any atom is -0.494 e. The Kier molecular flexibility index (Phi) is 11.2. The number of rotatable bonds is 14. The van der Waals surface area contributed by atoms with E-state index in [0.717, 1.165) is 23.8 Å². The molecule has 1 N–H and O–H groups in total. The van der Waals surface area contributed by atoms with Crippen LogP contribution in [-0.2, 0) is 26.2 Å². The molecule has 2 aromatic carbocycles. The molecular weight excluding hydrogens is 478 g/mol. The fourth-order valence-electron chi connectivity index (χ4n) is 3.86. The number of ether oxygens (including phenoxy) is 1. The molecule has 36 heavy (non-hydrogen) atoms. The van der Waals surface area contributed by atoms with E-state index in [1.807, 2.05) is 45.0 Å². The molecule has 0 heterocycles. The number of carbonyl (C=O) groups excluding carboxylic acids is 2. The number of hydrogen-bond donors (Lipinski definition) is 1. The number of amides is 2. The van der Waals surface area contributed by atoms with Crippen LogP contribution in [0, 0.1) is 6.92 Å². The number of nitrogens with one attached hydrogen (secondary N) is 1. The Balaban J connectivity index is 2.14. The standard InChI is InChI=1S/C27H39N3O5S/c1-6-17-28-27(32)22(4)29(20-23-11-8-10-21(3)19-23)26(31)12-9-18-30(36(5,33)34)24-13-15-25(16-14-24)35-7-2/h8,10-11,13-16,19,22H,6-7,9,12,17-18,20H2,1-5H3,(H,28,32). The molecule has 0 aliphatic carbocycles. The zero-order valence-corrected chi connectivity index (χ0v) is 22.8. The first-order chi connectivity index (χ1) is 17.1. The summed E-state index contributed by atoms with van der Waals surface area (Å²) in [5.74, 6) is 0.257. The van der Waals surface area contributed by atoms with Gasteiger partial charge in [-0.05, 0) is 63.4 Å². The van der Waals surface area contributed by atoms with E-state index in [1.54, 1.807) is 36.1 Å². The van der Waals surface area contributed by atoms with Crippen LogP contribution in [0.5, 0.6) is 5.75 Å². The van der Waals surface area contributed by atoms with Gasteiger partial charge in [-0.15, -0.1) is 0 Å². The van der Waals surface area contributed by atoms with Gasteiger partial charge in [0.1, 0.15) is 11.8 Å². The highest BCUT2D eigenvalue weighted by atomic mass is 32.2. The first-order valence-corrected chi connectivity index (χ1v) is 14.2. The van der Waals surface area contributed by atoms with Crippen LogP contribution in [0.4, 0.5) is 5.69 Å². The fourth-order valence-corrected chi connectivity index (χ4v) is 4.83. The van der Waals surface area contributed by atoms with Crippen LogP contribution in [0.3, 0.4) is 0 Å². The predicted molar refractivity (Wildman–Crippen MR) is 144 cm³/mol. The number of sulfonamides is 1. The van der Waals surface area contributed by atoms with Gasteiger partial charge in [-0.2, -0.15) is 0 Å². The zero-order chi connectivity index (χ0) is 26.7. The minimum absolute atomic E-state index is 0.111. The van der Waals surface area contributed by atoms with Crippen molar-refractivity contribution in [3.8, 4) is 5.75 Å². The smallest absolute Gasteiger partial charge is 0.242 e. The predicted octanol–water partition coefficient (Wildman–Crippen LogP) is 3.88. The molecule has 1 atom stereocenters. The molecule has 1 unspecified atom stereocenters. The average molecular weight is 518 g/mol. The van der Waals surface area contributed by atoms with Crippen molar-refractivity contribution >= 4 is 27.5 Å². The number of carbonyl (C=O) groups is 2. The van der Waals surface area contributed by atoms with E-state index in [1.165, 1.54) is 4.31 Å². The molecule has 0 aromatic heterocycles.